The second kappa shape index (κ2) is 4.44. The van der Waals surface area contributed by atoms with E-state index in [1.165, 1.54) is 18.2 Å². The van der Waals surface area contributed by atoms with Gasteiger partial charge in [-0.05, 0) is 12.1 Å². The standard InChI is InChI=1S/C8H5F6NS/c9-7(10,11)16(8(12,13)14)15-6-4-2-1-3-5-6/h1-5H. The van der Waals surface area contributed by atoms with E-state index >= 15 is 0 Å². The summed E-state index contributed by atoms with van der Waals surface area (Å²) in [7, 11) is -3.99. The summed E-state index contributed by atoms with van der Waals surface area (Å²) < 4.78 is 75.3. The molecule has 1 aromatic carbocycles. The minimum atomic E-state index is -5.41. The summed E-state index contributed by atoms with van der Waals surface area (Å²) in [4.78, 5) is 0. The molecule has 8 heteroatoms. The van der Waals surface area contributed by atoms with Gasteiger partial charge in [-0.2, -0.15) is 26.3 Å². The van der Waals surface area contributed by atoms with Crippen molar-refractivity contribution in [2.24, 2.45) is 4.36 Å². The van der Waals surface area contributed by atoms with Crippen molar-refractivity contribution >= 4 is 16.4 Å². The van der Waals surface area contributed by atoms with Gasteiger partial charge in [-0.15, -0.1) is 0 Å². The van der Waals surface area contributed by atoms with E-state index in [-0.39, 0.29) is 5.69 Å². The molecule has 90 valence electrons. The van der Waals surface area contributed by atoms with E-state index in [1.807, 2.05) is 0 Å². The number of hydrogen-bond donors (Lipinski definition) is 0. The molecular formula is C8H5F6NS. The first-order valence-corrected chi connectivity index (χ1v) is 5.04. The van der Waals surface area contributed by atoms with Gasteiger partial charge in [0.1, 0.15) is 10.7 Å². The second-order valence-electron chi connectivity index (χ2n) is 2.60. The quantitative estimate of drug-likeness (QED) is 0.673. The van der Waals surface area contributed by atoms with Gasteiger partial charge in [0.25, 0.3) is 0 Å². The summed E-state index contributed by atoms with van der Waals surface area (Å²) in [5.41, 5.74) is -11.2. The third-order valence-corrected chi connectivity index (χ3v) is 2.66. The van der Waals surface area contributed by atoms with Gasteiger partial charge in [-0.3, -0.25) is 0 Å². The molecule has 1 aromatic rings. The van der Waals surface area contributed by atoms with Crippen molar-refractivity contribution in [3.05, 3.63) is 30.3 Å². The van der Waals surface area contributed by atoms with E-state index in [4.69, 9.17) is 0 Å². The molecule has 0 amide bonds. The van der Waals surface area contributed by atoms with Crippen LogP contribution in [-0.2, 0) is 10.7 Å². The van der Waals surface area contributed by atoms with Crippen LogP contribution in [0.2, 0.25) is 0 Å². The Hall–Kier alpha value is -1.05. The van der Waals surface area contributed by atoms with Gasteiger partial charge in [0.15, 0.2) is 0 Å². The molecule has 1 nitrogen and oxygen atoms in total. The zero-order valence-electron chi connectivity index (χ0n) is 7.51. The predicted octanol–water partition coefficient (Wildman–Crippen LogP) is 4.16. The predicted molar refractivity (Wildman–Crippen MR) is 48.0 cm³/mol. The largest absolute Gasteiger partial charge is 0.460 e. The van der Waals surface area contributed by atoms with E-state index < -0.39 is 21.7 Å². The summed E-state index contributed by atoms with van der Waals surface area (Å²) in [6.45, 7) is 0. The highest BCUT2D eigenvalue weighted by atomic mass is 32.2. The molecule has 0 radical (unpaired) electrons. The summed E-state index contributed by atoms with van der Waals surface area (Å²) in [5, 5.41) is 0. The van der Waals surface area contributed by atoms with Crippen molar-refractivity contribution in [2.45, 2.75) is 11.0 Å². The van der Waals surface area contributed by atoms with Crippen molar-refractivity contribution in [1.29, 1.82) is 0 Å². The summed E-state index contributed by atoms with van der Waals surface area (Å²) in [5.74, 6) is 0. The van der Waals surface area contributed by atoms with Gasteiger partial charge < -0.3 is 0 Å². The summed E-state index contributed by atoms with van der Waals surface area (Å²) in [6, 6.07) is 6.26. The minimum absolute atomic E-state index is 0.347. The molecule has 0 bridgehead atoms. The van der Waals surface area contributed by atoms with Crippen LogP contribution < -0.4 is 0 Å². The highest BCUT2D eigenvalue weighted by molar-refractivity contribution is 7.89. The van der Waals surface area contributed by atoms with Crippen LogP contribution in [0.5, 0.6) is 0 Å². The monoisotopic (exact) mass is 261 g/mol. The van der Waals surface area contributed by atoms with Crippen LogP contribution in [0.1, 0.15) is 0 Å². The molecule has 1 rings (SSSR count). The highest BCUT2D eigenvalue weighted by Gasteiger charge is 2.51. The molecule has 0 aromatic heterocycles. The minimum Gasteiger partial charge on any atom is -0.212 e. The molecule has 0 heterocycles. The van der Waals surface area contributed by atoms with E-state index in [0.29, 0.717) is 0 Å². The molecule has 0 aliphatic heterocycles. The Bertz CT molecular complexity index is 364. The zero-order chi connectivity index (χ0) is 12.4. The average Bonchev–Trinajstić information content (AvgIpc) is 2.12. The SMILES string of the molecule is FC(F)(F)S(=Nc1ccccc1)C(F)(F)F. The maximum absolute atomic E-state index is 12.1. The normalized spacial score (nSPS) is 12.9. The number of halogens is 6. The Morgan fingerprint density at radius 3 is 1.62 bits per heavy atom. The number of rotatable bonds is 1. The van der Waals surface area contributed by atoms with Gasteiger partial charge in [-0.25, -0.2) is 4.36 Å². The number of nitrogens with zero attached hydrogens (tertiary/aromatic N) is 1. The van der Waals surface area contributed by atoms with E-state index in [2.05, 4.69) is 4.36 Å². The zero-order valence-corrected chi connectivity index (χ0v) is 8.33. The van der Waals surface area contributed by atoms with Crippen molar-refractivity contribution in [3.8, 4) is 0 Å². The van der Waals surface area contributed by atoms with E-state index in [1.54, 1.807) is 0 Å². The average molecular weight is 261 g/mol. The molecular weight excluding hydrogens is 256 g/mol. The van der Waals surface area contributed by atoms with Crippen LogP contribution in [-0.4, -0.2) is 11.0 Å². The lowest BCUT2D eigenvalue weighted by Gasteiger charge is -2.14. The van der Waals surface area contributed by atoms with Crippen LogP contribution in [0.15, 0.2) is 34.7 Å². The Morgan fingerprint density at radius 1 is 0.812 bits per heavy atom. The Balaban J connectivity index is 3.19. The van der Waals surface area contributed by atoms with Gasteiger partial charge in [-0.1, -0.05) is 18.2 Å². The highest BCUT2D eigenvalue weighted by Crippen LogP contribution is 2.37. The molecule has 0 aliphatic carbocycles. The van der Waals surface area contributed by atoms with Crippen molar-refractivity contribution in [3.63, 3.8) is 0 Å². The van der Waals surface area contributed by atoms with Crippen LogP contribution in [0.4, 0.5) is 32.0 Å². The van der Waals surface area contributed by atoms with Crippen LogP contribution in [0, 0.1) is 0 Å². The number of alkyl halides is 6. The third-order valence-electron chi connectivity index (χ3n) is 1.39. The fourth-order valence-electron chi connectivity index (χ4n) is 0.829. The van der Waals surface area contributed by atoms with Crippen LogP contribution in [0.25, 0.3) is 0 Å². The first kappa shape index (κ1) is 13.0. The maximum atomic E-state index is 12.1. The summed E-state index contributed by atoms with van der Waals surface area (Å²) in [6.07, 6.45) is 0. The third kappa shape index (κ3) is 3.51. The lowest BCUT2D eigenvalue weighted by Crippen LogP contribution is -2.29. The first-order chi connectivity index (χ1) is 7.21. The Labute approximate surface area is 89.2 Å². The molecule has 0 aliphatic rings. The maximum Gasteiger partial charge on any atom is 0.460 e. The second-order valence-corrected chi connectivity index (χ2v) is 4.28. The number of benzene rings is 1. The molecule has 0 unspecified atom stereocenters. The van der Waals surface area contributed by atoms with Crippen LogP contribution in [0.3, 0.4) is 0 Å². The Kier molecular flexibility index (Phi) is 3.61. The molecule has 0 spiro atoms. The van der Waals surface area contributed by atoms with E-state index in [9.17, 15) is 26.3 Å². The fraction of sp³-hybridized carbons (Fsp3) is 0.250. The molecule has 16 heavy (non-hydrogen) atoms. The van der Waals surface area contributed by atoms with Crippen molar-refractivity contribution < 1.29 is 26.3 Å². The molecule has 0 N–H and O–H groups in total. The van der Waals surface area contributed by atoms with Gasteiger partial charge in [0.05, 0.1) is 5.69 Å². The molecule has 0 atom stereocenters. The topological polar surface area (TPSA) is 12.4 Å². The van der Waals surface area contributed by atoms with Crippen molar-refractivity contribution in [1.82, 2.24) is 0 Å². The van der Waals surface area contributed by atoms with E-state index in [0.717, 1.165) is 12.1 Å². The van der Waals surface area contributed by atoms with Gasteiger partial charge >= 0.3 is 11.0 Å². The lowest BCUT2D eigenvalue weighted by atomic mass is 10.3. The molecule has 0 fully saturated rings. The van der Waals surface area contributed by atoms with Crippen molar-refractivity contribution in [2.75, 3.05) is 0 Å². The Morgan fingerprint density at radius 2 is 1.25 bits per heavy atom. The summed E-state index contributed by atoms with van der Waals surface area (Å²) >= 11 is 0. The van der Waals surface area contributed by atoms with Crippen LogP contribution >= 0.6 is 0 Å². The number of hydrogen-bond acceptors (Lipinski definition) is 1. The first-order valence-electron chi connectivity index (χ1n) is 3.86. The van der Waals surface area contributed by atoms with Gasteiger partial charge in [0.2, 0.25) is 0 Å². The lowest BCUT2D eigenvalue weighted by molar-refractivity contribution is -0.0748. The molecule has 0 saturated carbocycles. The fourth-order valence-corrected chi connectivity index (χ4v) is 1.63. The van der Waals surface area contributed by atoms with Gasteiger partial charge in [0, 0.05) is 0 Å². The smallest absolute Gasteiger partial charge is 0.212 e. The molecule has 0 saturated heterocycles.